The van der Waals surface area contributed by atoms with Crippen molar-refractivity contribution in [3.63, 3.8) is 0 Å². The van der Waals surface area contributed by atoms with Crippen molar-refractivity contribution in [1.29, 1.82) is 0 Å². The lowest BCUT2D eigenvalue weighted by Crippen LogP contribution is -2.25. The molecule has 0 saturated heterocycles. The van der Waals surface area contributed by atoms with Gasteiger partial charge < -0.3 is 4.74 Å². The van der Waals surface area contributed by atoms with Gasteiger partial charge in [0.05, 0.1) is 10.7 Å². The van der Waals surface area contributed by atoms with Crippen molar-refractivity contribution in [2.45, 2.75) is 40.2 Å². The molecule has 94 valence electrons. The highest BCUT2D eigenvalue weighted by Crippen LogP contribution is 2.28. The van der Waals surface area contributed by atoms with E-state index in [9.17, 15) is 4.79 Å². The van der Waals surface area contributed by atoms with Crippen LogP contribution in [0.2, 0.25) is 10.2 Å². The summed E-state index contributed by atoms with van der Waals surface area (Å²) < 4.78 is 5.26. The third-order valence-electron chi connectivity index (χ3n) is 2.10. The lowest BCUT2D eigenvalue weighted by Gasteiger charge is -2.20. The molecule has 5 heteroatoms. The molecule has 0 atom stereocenters. The molecule has 0 N–H and O–H groups in total. The number of rotatable bonds is 1. The van der Waals surface area contributed by atoms with E-state index in [4.69, 9.17) is 27.9 Å². The fourth-order valence-corrected chi connectivity index (χ4v) is 1.84. The Balaban J connectivity index is 3.24. The van der Waals surface area contributed by atoms with Crippen molar-refractivity contribution in [3.8, 4) is 0 Å². The Morgan fingerprint density at radius 1 is 1.24 bits per heavy atom. The first-order valence-electron chi connectivity index (χ1n) is 5.19. The number of halogens is 2. The molecule has 17 heavy (non-hydrogen) atoms. The lowest BCUT2D eigenvalue weighted by atomic mass is 10.1. The zero-order valence-corrected chi connectivity index (χ0v) is 12.0. The van der Waals surface area contributed by atoms with Gasteiger partial charge in [0.1, 0.15) is 16.3 Å². The largest absolute Gasteiger partial charge is 0.456 e. The van der Waals surface area contributed by atoms with Gasteiger partial charge in [-0.15, -0.1) is 0 Å². The molecule has 0 unspecified atom stereocenters. The van der Waals surface area contributed by atoms with Crippen molar-refractivity contribution in [2.24, 2.45) is 0 Å². The molecule has 0 saturated carbocycles. The number of nitrogens with zero attached hydrogens (tertiary/aromatic N) is 1. The zero-order valence-electron chi connectivity index (χ0n) is 10.5. The maximum Gasteiger partial charge on any atom is 0.342 e. The number of esters is 1. The molecule has 0 aliphatic rings. The summed E-state index contributed by atoms with van der Waals surface area (Å²) in [5.41, 5.74) is 0.849. The number of aryl methyl sites for hydroxylation is 1. The summed E-state index contributed by atoms with van der Waals surface area (Å²) in [4.78, 5) is 16.0. The first-order valence-corrected chi connectivity index (χ1v) is 5.94. The van der Waals surface area contributed by atoms with E-state index in [2.05, 4.69) is 4.98 Å². The Hall–Kier alpha value is -0.800. The fraction of sp³-hybridized carbons (Fsp3) is 0.500. The number of hydrogen-bond donors (Lipinski definition) is 0. The Morgan fingerprint density at radius 3 is 2.24 bits per heavy atom. The van der Waals surface area contributed by atoms with Crippen LogP contribution in [-0.4, -0.2) is 16.6 Å². The van der Waals surface area contributed by atoms with Gasteiger partial charge in [-0.2, -0.15) is 0 Å². The van der Waals surface area contributed by atoms with Gasteiger partial charge in [0, 0.05) is 0 Å². The summed E-state index contributed by atoms with van der Waals surface area (Å²) in [6.45, 7) is 8.83. The predicted octanol–water partition coefficient (Wildman–Crippen LogP) is 3.96. The monoisotopic (exact) mass is 275 g/mol. The van der Waals surface area contributed by atoms with E-state index in [-0.39, 0.29) is 10.7 Å². The number of pyridine rings is 1. The van der Waals surface area contributed by atoms with Crippen molar-refractivity contribution < 1.29 is 9.53 Å². The predicted molar refractivity (Wildman–Crippen MR) is 68.9 cm³/mol. The van der Waals surface area contributed by atoms with Gasteiger partial charge in [-0.25, -0.2) is 9.78 Å². The summed E-state index contributed by atoms with van der Waals surface area (Å²) in [5, 5.41) is 0.564. The number of carbonyl (C=O) groups is 1. The van der Waals surface area contributed by atoms with Crippen LogP contribution < -0.4 is 0 Å². The van der Waals surface area contributed by atoms with Crippen LogP contribution in [0.15, 0.2) is 0 Å². The third-order valence-corrected chi connectivity index (χ3v) is 2.93. The lowest BCUT2D eigenvalue weighted by molar-refractivity contribution is 0.00685. The van der Waals surface area contributed by atoms with E-state index >= 15 is 0 Å². The van der Waals surface area contributed by atoms with E-state index in [1.807, 2.05) is 0 Å². The summed E-state index contributed by atoms with van der Waals surface area (Å²) in [7, 11) is 0. The second-order valence-corrected chi connectivity index (χ2v) is 5.54. The second-order valence-electron chi connectivity index (χ2n) is 4.80. The maximum atomic E-state index is 12.0. The summed E-state index contributed by atoms with van der Waals surface area (Å²) >= 11 is 12.0. The molecule has 3 nitrogen and oxygen atoms in total. The number of hydrogen-bond acceptors (Lipinski definition) is 3. The van der Waals surface area contributed by atoms with Crippen LogP contribution in [0.4, 0.5) is 0 Å². The molecule has 0 radical (unpaired) electrons. The third kappa shape index (κ3) is 3.33. The molecule has 1 aromatic rings. The maximum absolute atomic E-state index is 12.0. The van der Waals surface area contributed by atoms with Crippen LogP contribution in [0.25, 0.3) is 0 Å². The van der Waals surface area contributed by atoms with Crippen molar-refractivity contribution in [1.82, 2.24) is 4.98 Å². The molecule has 1 heterocycles. The highest BCUT2D eigenvalue weighted by molar-refractivity contribution is 6.35. The van der Waals surface area contributed by atoms with Crippen molar-refractivity contribution in [3.05, 3.63) is 27.0 Å². The van der Waals surface area contributed by atoms with Gasteiger partial charge in [-0.3, -0.25) is 0 Å². The molecule has 0 aromatic carbocycles. The van der Waals surface area contributed by atoms with E-state index in [0.29, 0.717) is 16.3 Å². The normalized spacial score (nSPS) is 11.5. The summed E-state index contributed by atoms with van der Waals surface area (Å²) in [5.74, 6) is -0.505. The van der Waals surface area contributed by atoms with Gasteiger partial charge in [0.15, 0.2) is 0 Å². The second kappa shape index (κ2) is 4.83. The van der Waals surface area contributed by atoms with Gasteiger partial charge in [-0.1, -0.05) is 23.2 Å². The quantitative estimate of drug-likeness (QED) is 0.575. The van der Waals surface area contributed by atoms with Gasteiger partial charge in [-0.05, 0) is 40.2 Å². The van der Waals surface area contributed by atoms with Crippen LogP contribution in [-0.2, 0) is 4.74 Å². The molecule has 0 spiro atoms. The van der Waals surface area contributed by atoms with E-state index < -0.39 is 11.6 Å². The molecule has 0 aliphatic heterocycles. The number of carbonyl (C=O) groups excluding carboxylic acids is 1. The number of ether oxygens (including phenoxy) is 1. The molecule has 0 aliphatic carbocycles. The minimum atomic E-state index is -0.579. The van der Waals surface area contributed by atoms with Crippen LogP contribution >= 0.6 is 23.2 Å². The molecular formula is C12H15Cl2NO2. The minimum Gasteiger partial charge on any atom is -0.456 e. The van der Waals surface area contributed by atoms with E-state index in [1.54, 1.807) is 34.6 Å². The Morgan fingerprint density at radius 2 is 1.76 bits per heavy atom. The van der Waals surface area contributed by atoms with Crippen molar-refractivity contribution >= 4 is 29.2 Å². The highest BCUT2D eigenvalue weighted by Gasteiger charge is 2.24. The van der Waals surface area contributed by atoms with Crippen LogP contribution in [0, 0.1) is 13.8 Å². The van der Waals surface area contributed by atoms with Gasteiger partial charge in [0.2, 0.25) is 0 Å². The standard InChI is InChI=1S/C12H15Cl2NO2/c1-6-8(11(16)17-12(3,4)5)10(14)15-7(2)9(6)13/h1-5H3. The van der Waals surface area contributed by atoms with E-state index in [1.165, 1.54) is 0 Å². The van der Waals surface area contributed by atoms with Crippen LogP contribution in [0.1, 0.15) is 42.4 Å². The average molecular weight is 276 g/mol. The number of aromatic nitrogens is 1. The molecule has 0 bridgehead atoms. The topological polar surface area (TPSA) is 39.2 Å². The highest BCUT2D eigenvalue weighted by atomic mass is 35.5. The summed E-state index contributed by atoms with van der Waals surface area (Å²) in [6, 6.07) is 0. The SMILES string of the molecule is Cc1nc(Cl)c(C(=O)OC(C)(C)C)c(C)c1Cl. The fourth-order valence-electron chi connectivity index (χ4n) is 1.35. The van der Waals surface area contributed by atoms with Gasteiger partial charge >= 0.3 is 5.97 Å². The minimum absolute atomic E-state index is 0.124. The first-order chi connectivity index (χ1) is 7.63. The van der Waals surface area contributed by atoms with Crippen LogP contribution in [0.5, 0.6) is 0 Å². The Labute approximate surface area is 111 Å². The Kier molecular flexibility index (Phi) is 4.05. The van der Waals surface area contributed by atoms with Crippen molar-refractivity contribution in [2.75, 3.05) is 0 Å². The molecule has 0 fully saturated rings. The zero-order chi connectivity index (χ0) is 13.4. The molecular weight excluding hydrogens is 261 g/mol. The van der Waals surface area contributed by atoms with E-state index in [0.717, 1.165) is 0 Å². The van der Waals surface area contributed by atoms with Crippen LogP contribution in [0.3, 0.4) is 0 Å². The van der Waals surface area contributed by atoms with Gasteiger partial charge in [0.25, 0.3) is 0 Å². The first kappa shape index (κ1) is 14.3. The smallest absolute Gasteiger partial charge is 0.342 e. The average Bonchev–Trinajstić information content (AvgIpc) is 2.11. The Bertz CT molecular complexity index is 465. The molecule has 1 aromatic heterocycles. The molecule has 1 rings (SSSR count). The molecule has 0 amide bonds. The summed E-state index contributed by atoms with van der Waals surface area (Å²) in [6.07, 6.45) is 0.